The van der Waals surface area contributed by atoms with Crippen LogP contribution in [0, 0.1) is 0 Å². The molecular formula is C18H16BrN3O2. The van der Waals surface area contributed by atoms with Gasteiger partial charge in [-0.25, -0.2) is 4.98 Å². The molecule has 0 saturated carbocycles. The molecule has 0 saturated heterocycles. The highest BCUT2D eigenvalue weighted by atomic mass is 79.9. The standard InChI is InChI=1S/C18H16BrN3O2/c19-15-5-6-20-17-16(15)14(9-21-17)18(23)22-8-13-7-11-3-1-2-4-12(11)10-24-13/h1-6,9,13H,7-8,10H2,(H,20,21)(H,22,23)/t13-/m0/s1. The average Bonchev–Trinajstić information content (AvgIpc) is 3.05. The third-order valence-electron chi connectivity index (χ3n) is 4.30. The molecule has 122 valence electrons. The van der Waals surface area contributed by atoms with Crippen molar-refractivity contribution < 1.29 is 9.53 Å². The van der Waals surface area contributed by atoms with Crippen LogP contribution >= 0.6 is 15.9 Å². The fourth-order valence-electron chi connectivity index (χ4n) is 3.04. The Labute approximate surface area is 147 Å². The lowest BCUT2D eigenvalue weighted by Gasteiger charge is -2.25. The van der Waals surface area contributed by atoms with E-state index < -0.39 is 0 Å². The van der Waals surface area contributed by atoms with Crippen LogP contribution in [0.4, 0.5) is 0 Å². The summed E-state index contributed by atoms with van der Waals surface area (Å²) in [6, 6.07) is 10.1. The molecule has 1 aliphatic rings. The molecule has 0 spiro atoms. The van der Waals surface area contributed by atoms with Crippen LogP contribution in [-0.4, -0.2) is 28.5 Å². The lowest BCUT2D eigenvalue weighted by atomic mass is 9.99. The fraction of sp³-hybridized carbons (Fsp3) is 0.222. The minimum absolute atomic E-state index is 0.00405. The van der Waals surface area contributed by atoms with Gasteiger partial charge in [-0.15, -0.1) is 0 Å². The van der Waals surface area contributed by atoms with E-state index in [0.717, 1.165) is 16.3 Å². The van der Waals surface area contributed by atoms with Crippen LogP contribution < -0.4 is 5.32 Å². The molecule has 1 aromatic carbocycles. The van der Waals surface area contributed by atoms with Crippen LogP contribution in [0.2, 0.25) is 0 Å². The van der Waals surface area contributed by atoms with Crippen molar-refractivity contribution in [3.63, 3.8) is 0 Å². The van der Waals surface area contributed by atoms with E-state index in [-0.39, 0.29) is 12.0 Å². The van der Waals surface area contributed by atoms with Crippen molar-refractivity contribution in [2.24, 2.45) is 0 Å². The maximum absolute atomic E-state index is 12.5. The predicted octanol–water partition coefficient (Wildman–Crippen LogP) is 3.20. The van der Waals surface area contributed by atoms with Crippen molar-refractivity contribution in [2.45, 2.75) is 19.1 Å². The van der Waals surface area contributed by atoms with Crippen LogP contribution in [0.25, 0.3) is 11.0 Å². The molecule has 3 aromatic rings. The highest BCUT2D eigenvalue weighted by molar-refractivity contribution is 9.10. The number of H-pyrrole nitrogens is 1. The Bertz CT molecular complexity index is 906. The molecule has 6 heteroatoms. The first kappa shape index (κ1) is 15.4. The van der Waals surface area contributed by atoms with Crippen molar-refractivity contribution in [3.05, 3.63) is 63.9 Å². The summed E-state index contributed by atoms with van der Waals surface area (Å²) in [7, 11) is 0. The van der Waals surface area contributed by atoms with Gasteiger partial charge < -0.3 is 15.0 Å². The van der Waals surface area contributed by atoms with Crippen molar-refractivity contribution in [3.8, 4) is 0 Å². The lowest BCUT2D eigenvalue weighted by molar-refractivity contribution is 0.0285. The lowest BCUT2D eigenvalue weighted by Crippen LogP contribution is -2.36. The van der Waals surface area contributed by atoms with Gasteiger partial charge in [0.05, 0.1) is 18.3 Å². The Balaban J connectivity index is 1.45. The highest BCUT2D eigenvalue weighted by Crippen LogP contribution is 2.25. The fourth-order valence-corrected chi connectivity index (χ4v) is 3.56. The van der Waals surface area contributed by atoms with E-state index >= 15 is 0 Å². The van der Waals surface area contributed by atoms with Crippen LogP contribution in [0.3, 0.4) is 0 Å². The predicted molar refractivity (Wildman–Crippen MR) is 94.8 cm³/mol. The molecule has 4 rings (SSSR count). The van der Waals surface area contributed by atoms with Gasteiger partial charge in [-0.1, -0.05) is 24.3 Å². The molecule has 1 aliphatic heterocycles. The summed E-state index contributed by atoms with van der Waals surface area (Å²) in [5.41, 5.74) is 3.80. The van der Waals surface area contributed by atoms with E-state index in [2.05, 4.69) is 43.3 Å². The zero-order chi connectivity index (χ0) is 16.5. The van der Waals surface area contributed by atoms with Crippen LogP contribution in [0.15, 0.2) is 47.2 Å². The number of nitrogens with one attached hydrogen (secondary N) is 2. The molecule has 1 amide bonds. The molecule has 2 aromatic heterocycles. The second-order valence-corrected chi connectivity index (χ2v) is 6.69. The topological polar surface area (TPSA) is 67.0 Å². The number of hydrogen-bond donors (Lipinski definition) is 2. The Hall–Kier alpha value is -2.18. The molecular weight excluding hydrogens is 370 g/mol. The number of carbonyl (C=O) groups is 1. The number of aromatic nitrogens is 2. The molecule has 3 heterocycles. The van der Waals surface area contributed by atoms with Gasteiger partial charge in [-0.05, 0) is 33.1 Å². The third kappa shape index (κ3) is 2.83. The smallest absolute Gasteiger partial charge is 0.253 e. The summed E-state index contributed by atoms with van der Waals surface area (Å²) >= 11 is 3.48. The normalized spacial score (nSPS) is 16.8. The number of pyridine rings is 1. The van der Waals surface area contributed by atoms with E-state index in [0.29, 0.717) is 24.4 Å². The molecule has 0 aliphatic carbocycles. The first-order chi connectivity index (χ1) is 11.7. The summed E-state index contributed by atoms with van der Waals surface area (Å²) in [4.78, 5) is 19.8. The number of carbonyl (C=O) groups excluding carboxylic acids is 1. The number of nitrogens with zero attached hydrogens (tertiary/aromatic N) is 1. The molecule has 1 atom stereocenters. The van der Waals surface area contributed by atoms with E-state index in [9.17, 15) is 4.79 Å². The van der Waals surface area contributed by atoms with Gasteiger partial charge >= 0.3 is 0 Å². The maximum atomic E-state index is 12.5. The summed E-state index contributed by atoms with van der Waals surface area (Å²) in [5, 5.41) is 3.77. The van der Waals surface area contributed by atoms with Gasteiger partial charge in [0, 0.05) is 35.2 Å². The van der Waals surface area contributed by atoms with Gasteiger partial charge in [0.2, 0.25) is 0 Å². The number of aromatic amines is 1. The van der Waals surface area contributed by atoms with Crippen molar-refractivity contribution in [1.29, 1.82) is 0 Å². The molecule has 24 heavy (non-hydrogen) atoms. The average molecular weight is 386 g/mol. The van der Waals surface area contributed by atoms with E-state index in [4.69, 9.17) is 4.74 Å². The molecule has 0 unspecified atom stereocenters. The van der Waals surface area contributed by atoms with Crippen molar-refractivity contribution in [2.75, 3.05) is 6.54 Å². The Morgan fingerprint density at radius 2 is 2.17 bits per heavy atom. The molecule has 0 radical (unpaired) electrons. The Morgan fingerprint density at radius 3 is 3.04 bits per heavy atom. The second kappa shape index (κ2) is 6.37. The Morgan fingerprint density at radius 1 is 1.33 bits per heavy atom. The van der Waals surface area contributed by atoms with E-state index in [1.165, 1.54) is 11.1 Å². The first-order valence-electron chi connectivity index (χ1n) is 7.80. The summed E-state index contributed by atoms with van der Waals surface area (Å²) < 4.78 is 6.69. The second-order valence-electron chi connectivity index (χ2n) is 5.83. The zero-order valence-corrected chi connectivity index (χ0v) is 14.5. The summed E-state index contributed by atoms with van der Waals surface area (Å²) in [6.45, 7) is 1.08. The SMILES string of the molecule is O=C(NC[C@@H]1Cc2ccccc2CO1)c1c[nH]c2nccc(Br)c12. The third-order valence-corrected chi connectivity index (χ3v) is 4.96. The minimum atomic E-state index is -0.127. The van der Waals surface area contributed by atoms with Crippen LogP contribution in [-0.2, 0) is 17.8 Å². The number of ether oxygens (including phenoxy) is 1. The van der Waals surface area contributed by atoms with Crippen LogP contribution in [0.5, 0.6) is 0 Å². The number of rotatable bonds is 3. The Kier molecular flexibility index (Phi) is 4.08. The van der Waals surface area contributed by atoms with E-state index in [1.807, 2.05) is 18.2 Å². The van der Waals surface area contributed by atoms with Gasteiger partial charge in [-0.3, -0.25) is 4.79 Å². The van der Waals surface area contributed by atoms with Crippen molar-refractivity contribution >= 4 is 32.9 Å². The van der Waals surface area contributed by atoms with Gasteiger partial charge in [-0.2, -0.15) is 0 Å². The monoisotopic (exact) mass is 385 g/mol. The number of halogens is 1. The van der Waals surface area contributed by atoms with Crippen LogP contribution in [0.1, 0.15) is 21.5 Å². The highest BCUT2D eigenvalue weighted by Gasteiger charge is 2.21. The summed E-state index contributed by atoms with van der Waals surface area (Å²) in [5.74, 6) is -0.127. The van der Waals surface area contributed by atoms with Gasteiger partial charge in [0.1, 0.15) is 5.65 Å². The number of amides is 1. The van der Waals surface area contributed by atoms with Crippen molar-refractivity contribution in [1.82, 2.24) is 15.3 Å². The molecule has 5 nitrogen and oxygen atoms in total. The molecule has 0 bridgehead atoms. The maximum Gasteiger partial charge on any atom is 0.253 e. The first-order valence-corrected chi connectivity index (χ1v) is 8.60. The largest absolute Gasteiger partial charge is 0.371 e. The number of hydrogen-bond acceptors (Lipinski definition) is 3. The quantitative estimate of drug-likeness (QED) is 0.727. The number of benzene rings is 1. The van der Waals surface area contributed by atoms with E-state index in [1.54, 1.807) is 12.4 Å². The molecule has 0 fully saturated rings. The van der Waals surface area contributed by atoms with Gasteiger partial charge in [0.25, 0.3) is 5.91 Å². The minimum Gasteiger partial charge on any atom is -0.371 e. The summed E-state index contributed by atoms with van der Waals surface area (Å²) in [6.07, 6.45) is 4.19. The number of fused-ring (bicyclic) bond motifs is 2. The van der Waals surface area contributed by atoms with Gasteiger partial charge in [0.15, 0.2) is 0 Å². The molecule has 2 N–H and O–H groups in total. The zero-order valence-electron chi connectivity index (χ0n) is 12.9.